The smallest absolute Gasteiger partial charge is 0.123 e. The molecule has 1 saturated carbocycles. The van der Waals surface area contributed by atoms with Crippen molar-refractivity contribution >= 4 is 0 Å². The second-order valence-electron chi connectivity index (χ2n) is 5.22. The quantitative estimate of drug-likeness (QED) is 0.670. The number of hydrogen-bond donors (Lipinski definition) is 2. The van der Waals surface area contributed by atoms with Crippen LogP contribution in [0.25, 0.3) is 0 Å². The van der Waals surface area contributed by atoms with Gasteiger partial charge in [0.15, 0.2) is 0 Å². The van der Waals surface area contributed by atoms with Gasteiger partial charge in [-0.05, 0) is 49.4 Å². The first kappa shape index (κ1) is 14.4. The zero-order valence-electron chi connectivity index (χ0n) is 11.1. The van der Waals surface area contributed by atoms with Crippen LogP contribution in [0.15, 0.2) is 24.3 Å². The Morgan fingerprint density at radius 1 is 1.32 bits per heavy atom. The molecule has 1 atom stereocenters. The van der Waals surface area contributed by atoms with Gasteiger partial charge in [-0.1, -0.05) is 12.1 Å². The second-order valence-corrected chi connectivity index (χ2v) is 5.22. The lowest BCUT2D eigenvalue weighted by molar-refractivity contribution is 0.0327. The van der Waals surface area contributed by atoms with Gasteiger partial charge in [-0.25, -0.2) is 4.39 Å². The first-order valence-electron chi connectivity index (χ1n) is 6.95. The average Bonchev–Trinajstić information content (AvgIpc) is 3.21. The number of hydrogen-bond acceptors (Lipinski definition) is 3. The fourth-order valence-corrected chi connectivity index (χ4v) is 1.87. The Morgan fingerprint density at radius 3 is 2.74 bits per heavy atom. The predicted octanol–water partition coefficient (Wildman–Crippen LogP) is 1.75. The van der Waals surface area contributed by atoms with E-state index in [4.69, 9.17) is 4.74 Å². The number of halogens is 1. The molecule has 0 radical (unpaired) electrons. The summed E-state index contributed by atoms with van der Waals surface area (Å²) in [5.74, 6) is 0.526. The monoisotopic (exact) mass is 267 g/mol. The van der Waals surface area contributed by atoms with E-state index in [2.05, 4.69) is 5.32 Å². The largest absolute Gasteiger partial charge is 0.389 e. The van der Waals surface area contributed by atoms with Crippen LogP contribution in [-0.2, 0) is 11.2 Å². The van der Waals surface area contributed by atoms with E-state index in [9.17, 15) is 9.50 Å². The summed E-state index contributed by atoms with van der Waals surface area (Å²) >= 11 is 0. The van der Waals surface area contributed by atoms with Crippen LogP contribution in [-0.4, -0.2) is 37.5 Å². The molecule has 0 amide bonds. The van der Waals surface area contributed by atoms with Crippen LogP contribution in [0.2, 0.25) is 0 Å². The van der Waals surface area contributed by atoms with Crippen molar-refractivity contribution in [3.05, 3.63) is 35.6 Å². The Hall–Kier alpha value is -0.970. The summed E-state index contributed by atoms with van der Waals surface area (Å²) in [6.07, 6.45) is 2.92. The van der Waals surface area contributed by atoms with Crippen LogP contribution in [0.3, 0.4) is 0 Å². The van der Waals surface area contributed by atoms with Crippen LogP contribution in [0.4, 0.5) is 4.39 Å². The zero-order chi connectivity index (χ0) is 13.5. The number of nitrogens with one attached hydrogen (secondary N) is 1. The Labute approximate surface area is 113 Å². The van der Waals surface area contributed by atoms with Crippen LogP contribution < -0.4 is 5.32 Å². The molecule has 1 unspecified atom stereocenters. The maximum absolute atomic E-state index is 12.7. The minimum atomic E-state index is -0.452. The van der Waals surface area contributed by atoms with E-state index in [0.29, 0.717) is 13.2 Å². The SMILES string of the molecule is OC(CNCCc1ccc(F)cc1)COCC1CC1. The highest BCUT2D eigenvalue weighted by Gasteiger charge is 2.21. The Kier molecular flexibility index (Phi) is 5.76. The summed E-state index contributed by atoms with van der Waals surface area (Å²) in [6, 6.07) is 6.50. The summed E-state index contributed by atoms with van der Waals surface area (Å²) in [7, 11) is 0. The van der Waals surface area contributed by atoms with Crippen molar-refractivity contribution in [3.8, 4) is 0 Å². The third-order valence-electron chi connectivity index (χ3n) is 3.24. The highest BCUT2D eigenvalue weighted by Crippen LogP contribution is 2.28. The lowest BCUT2D eigenvalue weighted by Crippen LogP contribution is -2.31. The highest BCUT2D eigenvalue weighted by atomic mass is 19.1. The molecule has 2 rings (SSSR count). The average molecular weight is 267 g/mol. The normalized spacial score (nSPS) is 16.5. The summed E-state index contributed by atoms with van der Waals surface area (Å²) in [5.41, 5.74) is 1.09. The van der Waals surface area contributed by atoms with E-state index < -0.39 is 6.10 Å². The molecule has 106 valence electrons. The third kappa shape index (κ3) is 6.14. The first-order valence-corrected chi connectivity index (χ1v) is 6.95. The molecule has 0 bridgehead atoms. The van der Waals surface area contributed by atoms with Crippen molar-refractivity contribution in [2.75, 3.05) is 26.3 Å². The standard InChI is InChI=1S/C15H22FNO2/c16-14-5-3-12(4-6-14)7-8-17-9-15(18)11-19-10-13-1-2-13/h3-6,13,15,17-18H,1-2,7-11H2. The van der Waals surface area contributed by atoms with Gasteiger partial charge in [0.05, 0.1) is 12.7 Å². The molecule has 0 aliphatic heterocycles. The molecule has 0 aromatic heterocycles. The fourth-order valence-electron chi connectivity index (χ4n) is 1.87. The predicted molar refractivity (Wildman–Crippen MR) is 72.5 cm³/mol. The molecule has 1 fully saturated rings. The molecule has 0 spiro atoms. The van der Waals surface area contributed by atoms with E-state index in [1.165, 1.54) is 25.0 Å². The minimum absolute atomic E-state index is 0.208. The van der Waals surface area contributed by atoms with Gasteiger partial charge < -0.3 is 15.2 Å². The van der Waals surface area contributed by atoms with E-state index in [1.807, 2.05) is 0 Å². The number of ether oxygens (including phenoxy) is 1. The molecule has 2 N–H and O–H groups in total. The molecular formula is C15H22FNO2. The summed E-state index contributed by atoms with van der Waals surface area (Å²) in [4.78, 5) is 0. The van der Waals surface area contributed by atoms with E-state index >= 15 is 0 Å². The lowest BCUT2D eigenvalue weighted by atomic mass is 10.1. The molecule has 1 aliphatic rings. The van der Waals surface area contributed by atoms with Crippen molar-refractivity contribution in [1.82, 2.24) is 5.32 Å². The molecular weight excluding hydrogens is 245 g/mol. The molecule has 1 aromatic carbocycles. The molecule has 4 heteroatoms. The van der Waals surface area contributed by atoms with Crippen LogP contribution in [0.5, 0.6) is 0 Å². The fraction of sp³-hybridized carbons (Fsp3) is 0.600. The minimum Gasteiger partial charge on any atom is -0.389 e. The maximum atomic E-state index is 12.7. The van der Waals surface area contributed by atoms with Crippen molar-refractivity contribution in [2.45, 2.75) is 25.4 Å². The van der Waals surface area contributed by atoms with Gasteiger partial charge in [0.1, 0.15) is 5.82 Å². The molecule has 1 aliphatic carbocycles. The molecule has 19 heavy (non-hydrogen) atoms. The van der Waals surface area contributed by atoms with Gasteiger partial charge in [0.25, 0.3) is 0 Å². The number of aliphatic hydroxyl groups is 1. The van der Waals surface area contributed by atoms with Gasteiger partial charge in [0, 0.05) is 13.2 Å². The van der Waals surface area contributed by atoms with Crippen LogP contribution in [0, 0.1) is 11.7 Å². The van der Waals surface area contributed by atoms with E-state index in [0.717, 1.165) is 31.1 Å². The van der Waals surface area contributed by atoms with Crippen LogP contribution >= 0.6 is 0 Å². The van der Waals surface area contributed by atoms with Gasteiger partial charge >= 0.3 is 0 Å². The summed E-state index contributed by atoms with van der Waals surface area (Å²) in [5, 5.41) is 12.9. The molecule has 1 aromatic rings. The highest BCUT2D eigenvalue weighted by molar-refractivity contribution is 5.16. The van der Waals surface area contributed by atoms with Gasteiger partial charge in [-0.15, -0.1) is 0 Å². The number of rotatable bonds is 9. The molecule has 3 nitrogen and oxygen atoms in total. The first-order chi connectivity index (χ1) is 9.24. The number of aliphatic hydroxyl groups excluding tert-OH is 1. The second kappa shape index (κ2) is 7.58. The van der Waals surface area contributed by atoms with Gasteiger partial charge in [0.2, 0.25) is 0 Å². The Balaban J connectivity index is 1.49. The topological polar surface area (TPSA) is 41.5 Å². The van der Waals surface area contributed by atoms with Gasteiger partial charge in [-0.3, -0.25) is 0 Å². The summed E-state index contributed by atoms with van der Waals surface area (Å²) < 4.78 is 18.1. The Morgan fingerprint density at radius 2 is 2.05 bits per heavy atom. The van der Waals surface area contributed by atoms with Crippen molar-refractivity contribution in [2.24, 2.45) is 5.92 Å². The molecule has 0 saturated heterocycles. The van der Waals surface area contributed by atoms with E-state index in [1.54, 1.807) is 12.1 Å². The third-order valence-corrected chi connectivity index (χ3v) is 3.24. The van der Waals surface area contributed by atoms with Crippen molar-refractivity contribution < 1.29 is 14.2 Å². The van der Waals surface area contributed by atoms with Crippen molar-refractivity contribution in [3.63, 3.8) is 0 Å². The van der Waals surface area contributed by atoms with E-state index in [-0.39, 0.29) is 5.82 Å². The Bertz CT molecular complexity index is 365. The lowest BCUT2D eigenvalue weighted by Gasteiger charge is -2.12. The maximum Gasteiger partial charge on any atom is 0.123 e. The zero-order valence-corrected chi connectivity index (χ0v) is 11.1. The molecule has 0 heterocycles. The summed E-state index contributed by atoms with van der Waals surface area (Å²) in [6.45, 7) is 2.49. The van der Waals surface area contributed by atoms with Crippen molar-refractivity contribution in [1.29, 1.82) is 0 Å². The number of benzene rings is 1. The van der Waals surface area contributed by atoms with Gasteiger partial charge in [-0.2, -0.15) is 0 Å². The van der Waals surface area contributed by atoms with Crippen LogP contribution in [0.1, 0.15) is 18.4 Å².